The van der Waals surface area contributed by atoms with Crippen molar-refractivity contribution >= 4 is 29.6 Å². The number of hydrogen-bond acceptors (Lipinski definition) is 8. The summed E-state index contributed by atoms with van der Waals surface area (Å²) in [6.45, 7) is 1.10. The van der Waals surface area contributed by atoms with Crippen molar-refractivity contribution in [1.82, 2.24) is 20.4 Å². The summed E-state index contributed by atoms with van der Waals surface area (Å²) < 4.78 is 9.02. The van der Waals surface area contributed by atoms with Crippen molar-refractivity contribution in [1.29, 1.82) is 0 Å². The predicted octanol–water partition coefficient (Wildman–Crippen LogP) is 4.91. The minimum atomic E-state index is -0.651. The molecule has 0 saturated heterocycles. The number of methoxy groups -OCH3 is 1. The van der Waals surface area contributed by atoms with Crippen LogP contribution in [0.3, 0.4) is 0 Å². The Morgan fingerprint density at radius 2 is 1.65 bits per heavy atom. The lowest BCUT2D eigenvalue weighted by Gasteiger charge is -2.39. The van der Waals surface area contributed by atoms with Crippen LogP contribution >= 0.6 is 23.7 Å². The average Bonchev–Trinajstić information content (AvgIpc) is 3.17. The van der Waals surface area contributed by atoms with Gasteiger partial charge in [0.05, 0.1) is 7.11 Å². The van der Waals surface area contributed by atoms with Crippen LogP contribution in [0.1, 0.15) is 96.3 Å². The summed E-state index contributed by atoms with van der Waals surface area (Å²) in [4.78, 5) is 20.9. The molecule has 9 heteroatoms. The molecule has 37 heavy (non-hydrogen) atoms. The molecule has 0 spiro atoms. The van der Waals surface area contributed by atoms with Gasteiger partial charge in [0.25, 0.3) is 5.91 Å². The number of rotatable bonds is 14. The van der Waals surface area contributed by atoms with Gasteiger partial charge in [-0.05, 0) is 84.0 Å². The molecule has 216 valence electrons. The first-order valence-electron chi connectivity index (χ1n) is 14.8. The molecular weight excluding hydrogens is 504 g/mol. The van der Waals surface area contributed by atoms with Gasteiger partial charge in [0.1, 0.15) is 5.60 Å². The van der Waals surface area contributed by atoms with E-state index in [1.165, 1.54) is 50.7 Å². The second kappa shape index (κ2) is 16.9. The van der Waals surface area contributed by atoms with E-state index in [0.717, 1.165) is 63.2 Å². The lowest BCUT2D eigenvalue weighted by atomic mass is 9.89. The quantitative estimate of drug-likeness (QED) is 0.158. The van der Waals surface area contributed by atoms with Crippen LogP contribution < -0.4 is 15.5 Å². The predicted molar refractivity (Wildman–Crippen MR) is 158 cm³/mol. The van der Waals surface area contributed by atoms with Crippen LogP contribution in [0.5, 0.6) is 0 Å². The van der Waals surface area contributed by atoms with Gasteiger partial charge >= 0.3 is 0 Å². The smallest absolute Gasteiger partial charge is 0.262 e. The standard InChI is InChI=1S/C28H54N4O3S2/c1-32(2)19-16-22(21-36-23-12-8-7-9-13-23)29-25-15-14-24(20-26(25)30-35-4)37-31-27(33)28(34-3)17-10-5-6-11-18-28/h22-26,29-30H,5-21H2,1-4H3,(H,31,33). The molecule has 3 aliphatic rings. The van der Waals surface area contributed by atoms with Crippen LogP contribution in [0.2, 0.25) is 0 Å². The number of nitrogens with zero attached hydrogens (tertiary/aromatic N) is 1. The molecule has 0 aliphatic heterocycles. The van der Waals surface area contributed by atoms with Gasteiger partial charge in [0, 0.05) is 41.5 Å². The maximum atomic E-state index is 13.2. The Hall–Kier alpha value is -0.0300. The minimum Gasteiger partial charge on any atom is -0.368 e. The van der Waals surface area contributed by atoms with E-state index in [9.17, 15) is 4.79 Å². The number of thioether (sulfide) groups is 1. The van der Waals surface area contributed by atoms with Gasteiger partial charge < -0.3 is 19.8 Å². The third kappa shape index (κ3) is 10.5. The van der Waals surface area contributed by atoms with Crippen LogP contribution in [0.4, 0.5) is 0 Å². The number of carbonyl (C=O) groups is 1. The fourth-order valence-corrected chi connectivity index (χ4v) is 8.64. The monoisotopic (exact) mass is 558 g/mol. The highest BCUT2D eigenvalue weighted by atomic mass is 32.2. The maximum absolute atomic E-state index is 13.2. The second-order valence-electron chi connectivity index (χ2n) is 11.7. The number of ether oxygens (including phenoxy) is 1. The van der Waals surface area contributed by atoms with Crippen molar-refractivity contribution in [3.8, 4) is 0 Å². The SMILES string of the molecule is CONC1CC(SNC(=O)C2(OC)CCCCCC2)CCC1NC(CCN(C)C)CSC1CCCCC1. The van der Waals surface area contributed by atoms with Crippen molar-refractivity contribution in [2.24, 2.45) is 0 Å². The van der Waals surface area contributed by atoms with Gasteiger partial charge in [-0.1, -0.05) is 44.9 Å². The van der Waals surface area contributed by atoms with Crippen LogP contribution in [-0.4, -0.2) is 85.6 Å². The highest BCUT2D eigenvalue weighted by Gasteiger charge is 2.40. The zero-order valence-electron chi connectivity index (χ0n) is 23.9. The number of hydroxylamine groups is 1. The van der Waals surface area contributed by atoms with Crippen molar-refractivity contribution in [2.75, 3.05) is 40.6 Å². The summed E-state index contributed by atoms with van der Waals surface area (Å²) in [6, 6.07) is 1.10. The minimum absolute atomic E-state index is 0.0573. The van der Waals surface area contributed by atoms with E-state index < -0.39 is 5.60 Å². The molecule has 4 unspecified atom stereocenters. The molecule has 3 rings (SSSR count). The molecule has 0 aromatic carbocycles. The molecule has 0 radical (unpaired) electrons. The van der Waals surface area contributed by atoms with Gasteiger partial charge in [-0.15, -0.1) is 0 Å². The third-order valence-corrected chi connectivity index (χ3v) is 11.2. The highest BCUT2D eigenvalue weighted by Crippen LogP contribution is 2.33. The average molecular weight is 559 g/mol. The second-order valence-corrected chi connectivity index (χ2v) is 14.1. The maximum Gasteiger partial charge on any atom is 0.262 e. The summed E-state index contributed by atoms with van der Waals surface area (Å²) in [7, 11) is 7.75. The summed E-state index contributed by atoms with van der Waals surface area (Å²) >= 11 is 3.79. The Morgan fingerprint density at radius 1 is 0.946 bits per heavy atom. The van der Waals surface area contributed by atoms with Crippen molar-refractivity contribution in [3.05, 3.63) is 0 Å². The van der Waals surface area contributed by atoms with E-state index in [1.54, 1.807) is 26.2 Å². The molecule has 4 atom stereocenters. The largest absolute Gasteiger partial charge is 0.368 e. The summed E-state index contributed by atoms with van der Waals surface area (Å²) in [5.41, 5.74) is 2.64. The first-order valence-corrected chi connectivity index (χ1v) is 16.7. The zero-order valence-corrected chi connectivity index (χ0v) is 25.5. The summed E-state index contributed by atoms with van der Waals surface area (Å²) in [6.07, 6.45) is 17.5. The first kappa shape index (κ1) is 31.5. The van der Waals surface area contributed by atoms with Gasteiger partial charge in [-0.2, -0.15) is 17.2 Å². The fraction of sp³-hybridized carbons (Fsp3) is 0.964. The molecule has 0 heterocycles. The third-order valence-electron chi connectivity index (χ3n) is 8.57. The van der Waals surface area contributed by atoms with Crippen molar-refractivity contribution in [3.63, 3.8) is 0 Å². The molecular formula is C28H54N4O3S2. The molecule has 7 nitrogen and oxygen atoms in total. The van der Waals surface area contributed by atoms with E-state index in [1.807, 2.05) is 0 Å². The Labute approximate surface area is 235 Å². The lowest BCUT2D eigenvalue weighted by Crippen LogP contribution is -2.55. The first-order chi connectivity index (χ1) is 18.0. The number of carbonyl (C=O) groups excluding carboxylic acids is 1. The van der Waals surface area contributed by atoms with Crippen molar-refractivity contribution in [2.45, 2.75) is 131 Å². The molecule has 1 amide bonds. The lowest BCUT2D eigenvalue weighted by molar-refractivity contribution is -0.143. The molecule has 0 bridgehead atoms. The van der Waals surface area contributed by atoms with Crippen LogP contribution in [0.25, 0.3) is 0 Å². The molecule has 0 aromatic rings. The van der Waals surface area contributed by atoms with Gasteiger partial charge in [0.15, 0.2) is 0 Å². The number of amides is 1. The van der Waals surface area contributed by atoms with E-state index in [4.69, 9.17) is 9.57 Å². The molecule has 0 aromatic heterocycles. The molecule has 3 N–H and O–H groups in total. The summed E-state index contributed by atoms with van der Waals surface area (Å²) in [5, 5.41) is 5.24. The van der Waals surface area contributed by atoms with Crippen molar-refractivity contribution < 1.29 is 14.4 Å². The zero-order chi connectivity index (χ0) is 26.5. The fourth-order valence-electron chi connectivity index (χ4n) is 6.19. The Bertz CT molecular complexity index is 643. The topological polar surface area (TPSA) is 74.9 Å². The van der Waals surface area contributed by atoms with Crippen LogP contribution in [-0.2, 0) is 14.4 Å². The summed E-state index contributed by atoms with van der Waals surface area (Å²) in [5.74, 6) is 1.24. The van der Waals surface area contributed by atoms with E-state index in [2.05, 4.69) is 46.3 Å². The Morgan fingerprint density at radius 3 is 2.30 bits per heavy atom. The van der Waals surface area contributed by atoms with E-state index in [-0.39, 0.29) is 11.9 Å². The van der Waals surface area contributed by atoms with Gasteiger partial charge in [-0.25, -0.2) is 0 Å². The van der Waals surface area contributed by atoms with Gasteiger partial charge in [-0.3, -0.25) is 9.52 Å². The Kier molecular flexibility index (Phi) is 14.4. The number of nitrogens with one attached hydrogen (secondary N) is 3. The normalized spacial score (nSPS) is 28.1. The van der Waals surface area contributed by atoms with Gasteiger partial charge in [0.2, 0.25) is 0 Å². The molecule has 3 saturated carbocycles. The molecule has 3 fully saturated rings. The number of hydrogen-bond donors (Lipinski definition) is 3. The van der Waals surface area contributed by atoms with E-state index >= 15 is 0 Å². The van der Waals surface area contributed by atoms with Crippen LogP contribution in [0.15, 0.2) is 0 Å². The van der Waals surface area contributed by atoms with E-state index in [0.29, 0.717) is 17.3 Å². The highest BCUT2D eigenvalue weighted by molar-refractivity contribution is 8.00. The Balaban J connectivity index is 1.52. The van der Waals surface area contributed by atoms with Crippen LogP contribution in [0, 0.1) is 0 Å². The molecule has 3 aliphatic carbocycles.